The molecule has 1 saturated heterocycles. The van der Waals surface area contributed by atoms with Crippen molar-refractivity contribution in [1.82, 2.24) is 0 Å². The van der Waals surface area contributed by atoms with Gasteiger partial charge in [-0.15, -0.1) is 17.0 Å². The summed E-state index contributed by atoms with van der Waals surface area (Å²) in [6.07, 6.45) is -4.30. The van der Waals surface area contributed by atoms with Crippen LogP contribution in [-0.4, -0.2) is 93.6 Å². The Morgan fingerprint density at radius 1 is 1.09 bits per heavy atom. The molecule has 0 amide bonds. The molecule has 6 N–H and O–H groups in total. The first kappa shape index (κ1) is 35.7. The number of carbonyl (C=O) groups is 2. The number of nitrogens with two attached hydrogens (primary N) is 1. The van der Waals surface area contributed by atoms with E-state index >= 15 is 0 Å². The van der Waals surface area contributed by atoms with E-state index in [1.807, 2.05) is 0 Å². The molecule has 0 aromatic heterocycles. The summed E-state index contributed by atoms with van der Waals surface area (Å²) in [7, 11) is 1.36. The van der Waals surface area contributed by atoms with Gasteiger partial charge in [0.25, 0.3) is 0 Å². The van der Waals surface area contributed by atoms with Crippen LogP contribution in [0, 0.1) is 0 Å². The molecule has 2 aromatic carbocycles. The van der Waals surface area contributed by atoms with Crippen LogP contribution >= 0.6 is 32.9 Å². The number of phenolic OH excluding ortho intramolecular Hbond substituents is 2. The normalized spacial score (nSPS) is 27.7. The molecule has 0 radical (unpaired) electrons. The Labute approximate surface area is 279 Å². The lowest BCUT2D eigenvalue weighted by Gasteiger charge is -2.50. The molecule has 12 nitrogen and oxygen atoms in total. The van der Waals surface area contributed by atoms with Crippen molar-refractivity contribution in [1.29, 1.82) is 0 Å². The van der Waals surface area contributed by atoms with Crippen LogP contribution in [0.3, 0.4) is 0 Å². The molecule has 45 heavy (non-hydrogen) atoms. The summed E-state index contributed by atoms with van der Waals surface area (Å²) in [5.74, 6) is -4.05. The van der Waals surface area contributed by atoms with E-state index in [2.05, 4.69) is 15.9 Å². The molecule has 0 unspecified atom stereocenters. The quantitative estimate of drug-likeness (QED) is 0.122. The zero-order valence-electron chi connectivity index (χ0n) is 25.4. The Balaban J connectivity index is 0.00000461. The van der Waals surface area contributed by atoms with Crippen LogP contribution < -0.4 is 10.5 Å². The maximum atomic E-state index is 13.9. The fourth-order valence-corrected chi connectivity index (χ4v) is 7.50. The van der Waals surface area contributed by atoms with Gasteiger partial charge in [0.2, 0.25) is 11.6 Å². The Morgan fingerprint density at radius 3 is 2.31 bits per heavy atom. The number of methoxy groups -OCH3 is 1. The van der Waals surface area contributed by atoms with Gasteiger partial charge in [0.15, 0.2) is 12.1 Å². The summed E-state index contributed by atoms with van der Waals surface area (Å²) in [6.45, 7) is 5.44. The number of benzene rings is 2. The highest BCUT2D eigenvalue weighted by molar-refractivity contribution is 9.09. The number of carbonyl (C=O) groups excluding carboxylic acids is 2. The monoisotopic (exact) mass is 759 g/mol. The van der Waals surface area contributed by atoms with E-state index in [4.69, 9.17) is 29.4 Å². The lowest BCUT2D eigenvalue weighted by atomic mass is 9.70. The number of hydrogen-bond donors (Lipinski definition) is 5. The minimum atomic E-state index is -1.89. The number of aromatic hydroxyl groups is 2. The smallest absolute Gasteiger partial charge is 0.207 e. The van der Waals surface area contributed by atoms with Crippen molar-refractivity contribution in [2.45, 2.75) is 82.1 Å². The van der Waals surface area contributed by atoms with E-state index in [-0.39, 0.29) is 88.4 Å². The van der Waals surface area contributed by atoms with Gasteiger partial charge in [-0.3, -0.25) is 9.59 Å². The first-order chi connectivity index (χ1) is 20.9. The average Bonchev–Trinajstić information content (AvgIpc) is 2.99. The van der Waals surface area contributed by atoms with Crippen LogP contribution in [0.1, 0.15) is 82.7 Å². The van der Waals surface area contributed by atoms with Crippen LogP contribution in [-0.2, 0) is 25.4 Å². The third-order valence-corrected chi connectivity index (χ3v) is 9.52. The number of rotatable bonds is 9. The molecule has 0 saturated carbocycles. The highest BCUT2D eigenvalue weighted by atomic mass is 79.9. The summed E-state index contributed by atoms with van der Waals surface area (Å²) in [5, 5.41) is 46.3. The Bertz CT molecular complexity index is 1450. The van der Waals surface area contributed by atoms with Crippen molar-refractivity contribution in [2.75, 3.05) is 25.7 Å². The highest BCUT2D eigenvalue weighted by Crippen LogP contribution is 2.55. The molecule has 0 spiro atoms. The number of fused-ring (bicyclic) bond motifs is 3. The van der Waals surface area contributed by atoms with E-state index in [1.54, 1.807) is 26.8 Å². The molecule has 3 aliphatic rings. The first-order valence-corrected chi connectivity index (χ1v) is 15.7. The van der Waals surface area contributed by atoms with Gasteiger partial charge in [0.1, 0.15) is 22.8 Å². The third kappa shape index (κ3) is 5.72. The van der Waals surface area contributed by atoms with Crippen molar-refractivity contribution in [2.24, 2.45) is 5.73 Å². The molecular weight excluding hydrogens is 722 g/mol. The Kier molecular flexibility index (Phi) is 10.7. The zero-order chi connectivity index (χ0) is 32.1. The van der Waals surface area contributed by atoms with E-state index < -0.39 is 70.7 Å². The number of hydrogen-bond acceptors (Lipinski definition) is 12. The van der Waals surface area contributed by atoms with Gasteiger partial charge in [-0.1, -0.05) is 28.1 Å². The van der Waals surface area contributed by atoms with Crippen molar-refractivity contribution < 1.29 is 53.7 Å². The molecule has 1 heterocycles. The van der Waals surface area contributed by atoms with Crippen molar-refractivity contribution in [3.63, 3.8) is 0 Å². The van der Waals surface area contributed by atoms with E-state index in [9.17, 15) is 30.0 Å². The molecule has 2 aromatic rings. The van der Waals surface area contributed by atoms with E-state index in [1.165, 1.54) is 19.2 Å². The summed E-state index contributed by atoms with van der Waals surface area (Å²) >= 11 is 3.43. The Hall–Kier alpha value is -2.14. The van der Waals surface area contributed by atoms with Crippen molar-refractivity contribution in [3.8, 4) is 17.2 Å². The number of phenols is 2. The summed E-state index contributed by atoms with van der Waals surface area (Å²) in [5.41, 5.74) is 3.44. The second-order valence-corrected chi connectivity index (χ2v) is 11.9. The number of alkyl halides is 1. The number of ether oxygens (including phenoxy) is 5. The second kappa shape index (κ2) is 13.5. The standard InChI is InChI=1S/C31H38BrNO11.BrH/c1-5-41-31(13-32,42-6-2)30(39)11-16-22(19(12-30)44-20-10-17(33)25(34)14(3)43-20)29(38)24-23(27(16)36)26(35)15-8-7-9-18(40-4)21(15)28(24)37;/h7-9,14,17,19-20,25,34,36,38-39H,5-6,10-13,33H2,1-4H3;1H/t14-,17-,19-,20-,25+,30-;/m0./s1. The van der Waals surface area contributed by atoms with Crippen LogP contribution in [0.4, 0.5) is 0 Å². The number of aliphatic hydroxyl groups excluding tert-OH is 1. The van der Waals surface area contributed by atoms with Gasteiger partial charge >= 0.3 is 0 Å². The summed E-state index contributed by atoms with van der Waals surface area (Å²) in [4.78, 5) is 27.7. The van der Waals surface area contributed by atoms with Gasteiger partial charge in [-0.05, 0) is 26.8 Å². The van der Waals surface area contributed by atoms with Crippen molar-refractivity contribution in [3.05, 3.63) is 51.6 Å². The molecule has 6 atom stereocenters. The van der Waals surface area contributed by atoms with Crippen molar-refractivity contribution >= 4 is 44.5 Å². The molecule has 1 aliphatic heterocycles. The Morgan fingerprint density at radius 2 is 1.73 bits per heavy atom. The first-order valence-electron chi connectivity index (χ1n) is 14.6. The molecule has 1 fully saturated rings. The predicted octanol–water partition coefficient (Wildman–Crippen LogP) is 3.18. The predicted molar refractivity (Wildman–Crippen MR) is 170 cm³/mol. The lowest BCUT2D eigenvalue weighted by Crippen LogP contribution is -2.62. The SMILES string of the molecule is Br.CCOC(CBr)(OCC)[C@]1(O)Cc2c(O)c3c(c(O)c2[C@@H](O[C@H]2C[C@H](N)[C@H](O)[C@H](C)O2)C1)C(=O)c1c(OC)cccc1C3=O. The summed E-state index contributed by atoms with van der Waals surface area (Å²) in [6, 6.07) is 3.83. The van der Waals surface area contributed by atoms with Gasteiger partial charge in [0, 0.05) is 55.2 Å². The number of aliphatic hydroxyl groups is 2. The maximum absolute atomic E-state index is 13.9. The molecule has 14 heteroatoms. The van der Waals surface area contributed by atoms with Gasteiger partial charge < -0.3 is 49.8 Å². The molecular formula is C31H39Br2NO11. The van der Waals surface area contributed by atoms with Gasteiger partial charge in [-0.2, -0.15) is 0 Å². The third-order valence-electron chi connectivity index (χ3n) is 8.78. The van der Waals surface area contributed by atoms with Crippen LogP contribution in [0.2, 0.25) is 0 Å². The highest BCUT2D eigenvalue weighted by Gasteiger charge is 2.58. The summed E-state index contributed by atoms with van der Waals surface area (Å²) < 4.78 is 29.6. The minimum absolute atomic E-state index is 0. The molecule has 0 bridgehead atoms. The molecule has 248 valence electrons. The van der Waals surface area contributed by atoms with Crippen LogP contribution in [0.25, 0.3) is 0 Å². The van der Waals surface area contributed by atoms with Gasteiger partial charge in [0.05, 0.1) is 47.4 Å². The average molecular weight is 761 g/mol. The fraction of sp³-hybridized carbons (Fsp3) is 0.548. The lowest BCUT2D eigenvalue weighted by molar-refractivity contribution is -0.321. The number of halogens is 2. The zero-order valence-corrected chi connectivity index (χ0v) is 28.7. The largest absolute Gasteiger partial charge is 0.507 e. The van der Waals surface area contributed by atoms with Gasteiger partial charge in [-0.25, -0.2) is 0 Å². The van der Waals surface area contributed by atoms with Crippen LogP contribution in [0.5, 0.6) is 17.2 Å². The minimum Gasteiger partial charge on any atom is -0.507 e. The van der Waals surface area contributed by atoms with E-state index in [0.29, 0.717) is 0 Å². The second-order valence-electron chi connectivity index (χ2n) is 11.3. The maximum Gasteiger partial charge on any atom is 0.207 e. The van der Waals surface area contributed by atoms with Crippen LogP contribution in [0.15, 0.2) is 18.2 Å². The topological polar surface area (TPSA) is 187 Å². The molecule has 5 rings (SSSR count). The molecule has 2 aliphatic carbocycles. The number of ketones is 2. The van der Waals surface area contributed by atoms with E-state index in [0.717, 1.165) is 0 Å². The fourth-order valence-electron chi connectivity index (χ4n) is 6.66.